The molecule has 9 heteroatoms. The maximum atomic E-state index is 10.2. The van der Waals surface area contributed by atoms with Crippen LogP contribution in [0.25, 0.3) is 5.65 Å². The predicted molar refractivity (Wildman–Crippen MR) is 92.4 cm³/mol. The standard InChI is InChI=1S/C16H22N8O/c1-13-18-19-15-3-4-16(20-24(13)15)22-9-7-21(8-10-22)11-14(25)12-23-6-2-5-17-23/h2-6,14,25H,7-12H2,1H3. The molecule has 0 aromatic carbocycles. The first kappa shape index (κ1) is 16.0. The fraction of sp³-hybridized carbons (Fsp3) is 0.500. The van der Waals surface area contributed by atoms with E-state index in [9.17, 15) is 5.11 Å². The quantitative estimate of drug-likeness (QED) is 0.688. The van der Waals surface area contributed by atoms with Gasteiger partial charge in [-0.25, -0.2) is 0 Å². The number of aromatic nitrogens is 6. The first-order chi connectivity index (χ1) is 12.2. The van der Waals surface area contributed by atoms with Crippen LogP contribution in [0.15, 0.2) is 30.6 Å². The number of nitrogens with zero attached hydrogens (tertiary/aromatic N) is 8. The Morgan fingerprint density at radius 3 is 2.72 bits per heavy atom. The van der Waals surface area contributed by atoms with Gasteiger partial charge in [0, 0.05) is 45.1 Å². The van der Waals surface area contributed by atoms with Crippen LogP contribution >= 0.6 is 0 Å². The number of aliphatic hydroxyl groups excluding tert-OH is 1. The lowest BCUT2D eigenvalue weighted by molar-refractivity contribution is 0.0920. The molecule has 0 aliphatic carbocycles. The average Bonchev–Trinajstić information content (AvgIpc) is 3.25. The molecule has 3 aromatic heterocycles. The third-order valence-electron chi connectivity index (χ3n) is 4.53. The number of aliphatic hydroxyl groups is 1. The molecule has 3 aromatic rings. The number of aryl methyl sites for hydroxylation is 1. The predicted octanol–water partition coefficient (Wildman–Crippen LogP) is -0.188. The number of hydrogen-bond acceptors (Lipinski definition) is 7. The fourth-order valence-corrected chi connectivity index (χ4v) is 3.19. The molecule has 1 atom stereocenters. The van der Waals surface area contributed by atoms with Gasteiger partial charge in [0.25, 0.3) is 0 Å². The molecule has 1 aliphatic heterocycles. The van der Waals surface area contributed by atoms with Crippen LogP contribution in [0.3, 0.4) is 0 Å². The van der Waals surface area contributed by atoms with Crippen LogP contribution in [-0.4, -0.2) is 78.4 Å². The van der Waals surface area contributed by atoms with Gasteiger partial charge in [0.15, 0.2) is 11.5 Å². The summed E-state index contributed by atoms with van der Waals surface area (Å²) in [6, 6.07) is 5.81. The van der Waals surface area contributed by atoms with Gasteiger partial charge < -0.3 is 10.0 Å². The largest absolute Gasteiger partial charge is 0.390 e. The zero-order valence-electron chi connectivity index (χ0n) is 14.2. The summed E-state index contributed by atoms with van der Waals surface area (Å²) in [5.41, 5.74) is 0.765. The van der Waals surface area contributed by atoms with Crippen molar-refractivity contribution in [1.82, 2.24) is 34.5 Å². The van der Waals surface area contributed by atoms with Gasteiger partial charge in [-0.05, 0) is 25.1 Å². The van der Waals surface area contributed by atoms with Gasteiger partial charge in [-0.15, -0.1) is 15.3 Å². The zero-order valence-corrected chi connectivity index (χ0v) is 14.2. The topological polar surface area (TPSA) is 87.6 Å². The van der Waals surface area contributed by atoms with E-state index in [4.69, 9.17) is 0 Å². The minimum Gasteiger partial charge on any atom is -0.390 e. The summed E-state index contributed by atoms with van der Waals surface area (Å²) < 4.78 is 3.54. The molecule has 25 heavy (non-hydrogen) atoms. The van der Waals surface area contributed by atoms with Gasteiger partial charge in [0.05, 0.1) is 12.6 Å². The number of rotatable bonds is 5. The van der Waals surface area contributed by atoms with E-state index < -0.39 is 6.10 Å². The van der Waals surface area contributed by atoms with Gasteiger partial charge in [-0.3, -0.25) is 9.58 Å². The molecule has 0 saturated carbocycles. The molecule has 4 heterocycles. The number of fused-ring (bicyclic) bond motifs is 1. The van der Waals surface area contributed by atoms with E-state index in [2.05, 4.69) is 30.2 Å². The van der Waals surface area contributed by atoms with Crippen molar-refractivity contribution in [3.63, 3.8) is 0 Å². The molecule has 1 N–H and O–H groups in total. The highest BCUT2D eigenvalue weighted by atomic mass is 16.3. The molecule has 1 fully saturated rings. The summed E-state index contributed by atoms with van der Waals surface area (Å²) in [5.74, 6) is 1.73. The Hall–Kier alpha value is -2.52. The van der Waals surface area contributed by atoms with E-state index in [0.29, 0.717) is 13.1 Å². The first-order valence-electron chi connectivity index (χ1n) is 8.51. The second kappa shape index (κ2) is 6.77. The summed E-state index contributed by atoms with van der Waals surface area (Å²) in [4.78, 5) is 4.54. The average molecular weight is 342 g/mol. The highest BCUT2D eigenvalue weighted by Gasteiger charge is 2.21. The molecule has 0 amide bonds. The lowest BCUT2D eigenvalue weighted by Crippen LogP contribution is -2.49. The normalized spacial score (nSPS) is 17.3. The fourth-order valence-electron chi connectivity index (χ4n) is 3.19. The van der Waals surface area contributed by atoms with Gasteiger partial charge in [0.1, 0.15) is 5.82 Å². The van der Waals surface area contributed by atoms with Crippen molar-refractivity contribution in [1.29, 1.82) is 0 Å². The Morgan fingerprint density at radius 2 is 1.96 bits per heavy atom. The molecule has 132 valence electrons. The highest BCUT2D eigenvalue weighted by Crippen LogP contribution is 2.15. The molecule has 0 radical (unpaired) electrons. The van der Waals surface area contributed by atoms with Crippen LogP contribution < -0.4 is 4.90 Å². The molecular formula is C16H22N8O. The van der Waals surface area contributed by atoms with Crippen LogP contribution in [0.5, 0.6) is 0 Å². The van der Waals surface area contributed by atoms with E-state index in [1.54, 1.807) is 15.4 Å². The number of β-amino-alcohol motifs (C(OH)–C–C–N with tert-alkyl or cyclic N) is 1. The minimum atomic E-state index is -0.416. The van der Waals surface area contributed by atoms with Gasteiger partial charge in [-0.2, -0.15) is 9.61 Å². The summed E-state index contributed by atoms with van der Waals surface area (Å²) in [6.45, 7) is 6.65. The summed E-state index contributed by atoms with van der Waals surface area (Å²) in [5, 5.41) is 27.1. The lowest BCUT2D eigenvalue weighted by Gasteiger charge is -2.36. The Balaban J connectivity index is 1.33. The third kappa shape index (κ3) is 3.47. The highest BCUT2D eigenvalue weighted by molar-refractivity contribution is 5.46. The second-order valence-corrected chi connectivity index (χ2v) is 6.38. The van der Waals surface area contributed by atoms with Crippen LogP contribution in [-0.2, 0) is 6.54 Å². The minimum absolute atomic E-state index is 0.416. The Morgan fingerprint density at radius 1 is 1.12 bits per heavy atom. The van der Waals surface area contributed by atoms with Crippen molar-refractivity contribution >= 4 is 11.5 Å². The van der Waals surface area contributed by atoms with Crippen LogP contribution in [0, 0.1) is 6.92 Å². The van der Waals surface area contributed by atoms with E-state index >= 15 is 0 Å². The number of piperazine rings is 1. The molecule has 1 unspecified atom stereocenters. The lowest BCUT2D eigenvalue weighted by atomic mass is 10.2. The van der Waals surface area contributed by atoms with Crippen molar-refractivity contribution < 1.29 is 5.11 Å². The van der Waals surface area contributed by atoms with Gasteiger partial charge in [0.2, 0.25) is 0 Å². The molecular weight excluding hydrogens is 320 g/mol. The smallest absolute Gasteiger partial charge is 0.178 e. The third-order valence-corrected chi connectivity index (χ3v) is 4.53. The summed E-state index contributed by atoms with van der Waals surface area (Å²) >= 11 is 0. The SMILES string of the molecule is Cc1nnc2ccc(N3CCN(CC(O)Cn4cccn4)CC3)nn12. The second-order valence-electron chi connectivity index (χ2n) is 6.38. The van der Waals surface area contributed by atoms with E-state index in [-0.39, 0.29) is 0 Å². The molecule has 4 rings (SSSR count). The van der Waals surface area contributed by atoms with E-state index in [1.807, 2.05) is 31.3 Å². The van der Waals surface area contributed by atoms with Crippen molar-refractivity contribution in [3.05, 3.63) is 36.4 Å². The van der Waals surface area contributed by atoms with Crippen LogP contribution in [0.2, 0.25) is 0 Å². The molecule has 0 spiro atoms. The maximum absolute atomic E-state index is 10.2. The molecule has 1 saturated heterocycles. The van der Waals surface area contributed by atoms with Crippen molar-refractivity contribution in [3.8, 4) is 0 Å². The first-order valence-corrected chi connectivity index (χ1v) is 8.51. The monoisotopic (exact) mass is 342 g/mol. The van der Waals surface area contributed by atoms with E-state index in [0.717, 1.165) is 43.5 Å². The maximum Gasteiger partial charge on any atom is 0.178 e. The zero-order chi connectivity index (χ0) is 17.2. The molecule has 0 bridgehead atoms. The molecule has 9 nitrogen and oxygen atoms in total. The number of anilines is 1. The van der Waals surface area contributed by atoms with Crippen molar-refractivity contribution in [2.24, 2.45) is 0 Å². The summed E-state index contributed by atoms with van der Waals surface area (Å²) in [6.07, 6.45) is 3.18. The van der Waals surface area contributed by atoms with Crippen LogP contribution in [0.1, 0.15) is 5.82 Å². The summed E-state index contributed by atoms with van der Waals surface area (Å²) in [7, 11) is 0. The van der Waals surface area contributed by atoms with Gasteiger partial charge in [-0.1, -0.05) is 0 Å². The Labute approximate surface area is 145 Å². The molecule has 1 aliphatic rings. The number of hydrogen-bond donors (Lipinski definition) is 1. The van der Waals surface area contributed by atoms with Crippen molar-refractivity contribution in [2.45, 2.75) is 19.6 Å². The van der Waals surface area contributed by atoms with Crippen LogP contribution in [0.4, 0.5) is 5.82 Å². The van der Waals surface area contributed by atoms with Gasteiger partial charge >= 0.3 is 0 Å². The Bertz CT molecular complexity index is 822. The Kier molecular flexibility index (Phi) is 4.33. The van der Waals surface area contributed by atoms with E-state index in [1.165, 1.54) is 0 Å². The van der Waals surface area contributed by atoms with Crippen molar-refractivity contribution in [2.75, 3.05) is 37.6 Å².